The van der Waals surface area contributed by atoms with Crippen LogP contribution in [-0.2, 0) is 17.7 Å². The largest absolute Gasteiger partial charge is 0.493 e. The average Bonchev–Trinajstić information content (AvgIpc) is 3.57. The number of benzene rings is 2. The summed E-state index contributed by atoms with van der Waals surface area (Å²) < 4.78 is 32.7. The van der Waals surface area contributed by atoms with Crippen molar-refractivity contribution >= 4 is 28.7 Å². The Balaban J connectivity index is 1.62. The van der Waals surface area contributed by atoms with Gasteiger partial charge in [0.1, 0.15) is 11.0 Å². The van der Waals surface area contributed by atoms with Gasteiger partial charge in [0.15, 0.2) is 17.2 Å². The molecule has 0 saturated heterocycles. The van der Waals surface area contributed by atoms with Gasteiger partial charge < -0.3 is 18.9 Å². The summed E-state index contributed by atoms with van der Waals surface area (Å²) in [6, 6.07) is 9.87. The molecule has 2 aromatic heterocycles. The number of ether oxygens (including phenoxy) is 4. The van der Waals surface area contributed by atoms with Gasteiger partial charge in [0.25, 0.3) is 0 Å². The van der Waals surface area contributed by atoms with Gasteiger partial charge in [-0.25, -0.2) is 4.79 Å². The van der Waals surface area contributed by atoms with Crippen LogP contribution in [0.4, 0.5) is 0 Å². The molecular weight excluding hydrogens is 516 g/mol. The molecule has 0 aliphatic heterocycles. The molecule has 1 saturated carbocycles. The first-order valence-corrected chi connectivity index (χ1v) is 14.1. The smallest absolute Gasteiger partial charge is 0.356 e. The van der Waals surface area contributed by atoms with Gasteiger partial charge in [0.2, 0.25) is 5.75 Å². The molecule has 0 N–H and O–H groups in total. The van der Waals surface area contributed by atoms with Gasteiger partial charge in [-0.3, -0.25) is 4.68 Å². The van der Waals surface area contributed by atoms with Gasteiger partial charge in [-0.1, -0.05) is 25.3 Å². The van der Waals surface area contributed by atoms with Crippen molar-refractivity contribution in [2.24, 2.45) is 0 Å². The first kappa shape index (κ1) is 26.9. The Morgan fingerprint density at radius 1 is 0.949 bits per heavy atom. The molecule has 39 heavy (non-hydrogen) atoms. The fourth-order valence-electron chi connectivity index (χ4n) is 5.48. The van der Waals surface area contributed by atoms with Crippen LogP contribution in [0.25, 0.3) is 11.0 Å². The topological polar surface area (TPSA) is 97.6 Å². The Morgan fingerprint density at radius 3 is 2.33 bits per heavy atom. The van der Waals surface area contributed by atoms with E-state index in [0.717, 1.165) is 59.1 Å². The first-order valence-electron chi connectivity index (χ1n) is 13.3. The van der Waals surface area contributed by atoms with Crippen LogP contribution < -0.4 is 14.2 Å². The van der Waals surface area contributed by atoms with E-state index in [2.05, 4.69) is 20.9 Å². The summed E-state index contributed by atoms with van der Waals surface area (Å²) in [5, 5.41) is 5.11. The minimum Gasteiger partial charge on any atom is -0.493 e. The van der Waals surface area contributed by atoms with Crippen molar-refractivity contribution in [1.29, 1.82) is 0 Å². The fraction of sp³-hybridized carbons (Fsp3) is 0.448. The number of methoxy groups -OCH3 is 3. The zero-order chi connectivity index (χ0) is 27.4. The second-order valence-electron chi connectivity index (χ2n) is 9.72. The second kappa shape index (κ2) is 12.0. The summed E-state index contributed by atoms with van der Waals surface area (Å²) in [5.41, 5.74) is 6.07. The third-order valence-corrected chi connectivity index (χ3v) is 7.85. The summed E-state index contributed by atoms with van der Waals surface area (Å²) in [7, 11) is 4.76. The standard InChI is InChI=1S/C29H34N4O5S/c1-5-38-29(34)27-21(13-18-11-12-22-23(14-18)32-39-31-22)26(20-9-7-6-8-10-20)30-33(27)17-19-15-24(35-2)28(37-4)25(16-19)36-3/h11-12,14-16,20H,5-10,13,17H2,1-4H3. The van der Waals surface area contributed by atoms with Crippen molar-refractivity contribution in [2.75, 3.05) is 27.9 Å². The van der Waals surface area contributed by atoms with Gasteiger partial charge in [-0.05, 0) is 55.2 Å². The highest BCUT2D eigenvalue weighted by molar-refractivity contribution is 7.00. The Bertz CT molecular complexity index is 1430. The fourth-order valence-corrected chi connectivity index (χ4v) is 6.00. The third-order valence-electron chi connectivity index (χ3n) is 7.30. The molecule has 4 aromatic rings. The van der Waals surface area contributed by atoms with Gasteiger partial charge >= 0.3 is 5.97 Å². The normalized spacial score (nSPS) is 13.9. The molecular formula is C29H34N4O5S. The lowest BCUT2D eigenvalue weighted by Crippen LogP contribution is -2.16. The molecule has 2 heterocycles. The number of hydrogen-bond acceptors (Lipinski definition) is 9. The predicted octanol–water partition coefficient (Wildman–Crippen LogP) is 5.78. The predicted molar refractivity (Wildman–Crippen MR) is 149 cm³/mol. The minimum absolute atomic E-state index is 0.281. The van der Waals surface area contributed by atoms with E-state index < -0.39 is 0 Å². The maximum Gasteiger partial charge on any atom is 0.356 e. The summed E-state index contributed by atoms with van der Waals surface area (Å²) in [5.74, 6) is 1.55. The van der Waals surface area contributed by atoms with E-state index in [0.29, 0.717) is 41.8 Å². The van der Waals surface area contributed by atoms with E-state index in [1.807, 2.05) is 25.1 Å². The van der Waals surface area contributed by atoms with Crippen molar-refractivity contribution in [1.82, 2.24) is 18.5 Å². The molecule has 9 nitrogen and oxygen atoms in total. The molecule has 1 fully saturated rings. The molecule has 206 valence electrons. The summed E-state index contributed by atoms with van der Waals surface area (Å²) in [6.45, 7) is 2.45. The molecule has 0 amide bonds. The number of fused-ring (bicyclic) bond motifs is 1. The molecule has 2 aromatic carbocycles. The number of rotatable bonds is 10. The number of carbonyl (C=O) groups excluding carboxylic acids is 1. The summed E-state index contributed by atoms with van der Waals surface area (Å²) in [4.78, 5) is 13.5. The van der Waals surface area contributed by atoms with Crippen molar-refractivity contribution in [3.8, 4) is 17.2 Å². The molecule has 1 aliphatic rings. The number of hydrogen-bond donors (Lipinski definition) is 0. The molecule has 0 spiro atoms. The van der Waals surface area contributed by atoms with E-state index in [-0.39, 0.29) is 12.6 Å². The number of nitrogens with zero attached hydrogens (tertiary/aromatic N) is 4. The van der Waals surface area contributed by atoms with Crippen LogP contribution in [0.15, 0.2) is 30.3 Å². The Morgan fingerprint density at radius 2 is 1.67 bits per heavy atom. The maximum atomic E-state index is 13.5. The Hall–Kier alpha value is -3.66. The minimum atomic E-state index is -0.370. The second-order valence-corrected chi connectivity index (χ2v) is 10.3. The lowest BCUT2D eigenvalue weighted by Gasteiger charge is -2.21. The van der Waals surface area contributed by atoms with E-state index in [1.54, 1.807) is 26.0 Å². The van der Waals surface area contributed by atoms with E-state index in [4.69, 9.17) is 24.0 Å². The molecule has 5 rings (SSSR count). The molecule has 0 bridgehead atoms. The van der Waals surface area contributed by atoms with E-state index in [1.165, 1.54) is 18.1 Å². The lowest BCUT2D eigenvalue weighted by molar-refractivity contribution is 0.0511. The van der Waals surface area contributed by atoms with Crippen molar-refractivity contribution in [3.63, 3.8) is 0 Å². The summed E-state index contributed by atoms with van der Waals surface area (Å²) in [6.07, 6.45) is 6.24. The van der Waals surface area contributed by atoms with Crippen molar-refractivity contribution < 1.29 is 23.7 Å². The van der Waals surface area contributed by atoms with Crippen LogP contribution in [0.1, 0.15) is 77.8 Å². The molecule has 10 heteroatoms. The summed E-state index contributed by atoms with van der Waals surface area (Å²) >= 11 is 1.20. The van der Waals surface area contributed by atoms with Crippen LogP contribution in [0.2, 0.25) is 0 Å². The van der Waals surface area contributed by atoms with Crippen molar-refractivity contribution in [2.45, 2.75) is 57.9 Å². The Labute approximate surface area is 232 Å². The Kier molecular flexibility index (Phi) is 8.30. The zero-order valence-electron chi connectivity index (χ0n) is 22.9. The molecule has 0 radical (unpaired) electrons. The highest BCUT2D eigenvalue weighted by Crippen LogP contribution is 2.40. The number of carbonyl (C=O) groups is 1. The molecule has 1 aliphatic carbocycles. The highest BCUT2D eigenvalue weighted by atomic mass is 32.1. The van der Waals surface area contributed by atoms with Crippen LogP contribution >= 0.6 is 11.7 Å². The van der Waals surface area contributed by atoms with Crippen LogP contribution in [0.3, 0.4) is 0 Å². The monoisotopic (exact) mass is 550 g/mol. The third kappa shape index (κ3) is 5.56. The first-order chi connectivity index (χ1) is 19.1. The van der Waals surface area contributed by atoms with Crippen molar-refractivity contribution in [3.05, 3.63) is 58.4 Å². The van der Waals surface area contributed by atoms with Crippen LogP contribution in [0, 0.1) is 0 Å². The van der Waals surface area contributed by atoms with Gasteiger partial charge in [0.05, 0.1) is 51.9 Å². The van der Waals surface area contributed by atoms with Crippen LogP contribution in [-0.4, -0.2) is 52.4 Å². The van der Waals surface area contributed by atoms with E-state index in [9.17, 15) is 4.79 Å². The molecule has 0 atom stereocenters. The maximum absolute atomic E-state index is 13.5. The molecule has 0 unspecified atom stereocenters. The number of aromatic nitrogens is 4. The SMILES string of the molecule is CCOC(=O)c1c(Cc2ccc3nsnc3c2)c(C2CCCCC2)nn1Cc1cc(OC)c(OC)c(OC)c1. The van der Waals surface area contributed by atoms with Gasteiger partial charge in [-0.2, -0.15) is 13.8 Å². The lowest BCUT2D eigenvalue weighted by atomic mass is 9.84. The highest BCUT2D eigenvalue weighted by Gasteiger charge is 2.30. The van der Waals surface area contributed by atoms with Gasteiger partial charge in [-0.15, -0.1) is 0 Å². The number of esters is 1. The van der Waals surface area contributed by atoms with E-state index >= 15 is 0 Å². The zero-order valence-corrected chi connectivity index (χ0v) is 23.7. The quantitative estimate of drug-likeness (QED) is 0.229. The average molecular weight is 551 g/mol. The van der Waals surface area contributed by atoms with Crippen LogP contribution in [0.5, 0.6) is 17.2 Å². The van der Waals surface area contributed by atoms with Gasteiger partial charge in [0, 0.05) is 17.9 Å².